The number of aromatic nitrogens is 2. The van der Waals surface area contributed by atoms with Crippen molar-refractivity contribution < 1.29 is 22.4 Å². The number of fused-ring (bicyclic) bond motifs is 1. The van der Waals surface area contributed by atoms with Crippen LogP contribution in [0.3, 0.4) is 0 Å². The number of aromatic amines is 1. The smallest absolute Gasteiger partial charge is 0.320 e. The fourth-order valence-electron chi connectivity index (χ4n) is 3.36. The van der Waals surface area contributed by atoms with Crippen molar-refractivity contribution in [2.75, 3.05) is 5.32 Å². The third-order valence-corrected chi connectivity index (χ3v) is 4.81. The standard InChI is InChI=1S/C22H15F4N3O2/c1-12-5-2-3-8-18(12)29-19-16(21(31)28-29)6-4-7-17(19)27-20(30)13-9-14(22(24,25)26)11-15(23)10-13/h2-11H,1H3,(H,27,30)(H,28,31). The van der Waals surface area contributed by atoms with E-state index >= 15 is 0 Å². The van der Waals surface area contributed by atoms with Crippen molar-refractivity contribution in [3.8, 4) is 5.69 Å². The zero-order valence-corrected chi connectivity index (χ0v) is 16.0. The summed E-state index contributed by atoms with van der Waals surface area (Å²) < 4.78 is 54.2. The predicted molar refractivity (Wildman–Crippen MR) is 108 cm³/mol. The number of alkyl halides is 3. The van der Waals surface area contributed by atoms with Crippen LogP contribution in [0, 0.1) is 12.7 Å². The molecule has 9 heteroatoms. The zero-order valence-electron chi connectivity index (χ0n) is 16.0. The van der Waals surface area contributed by atoms with Gasteiger partial charge in [0.1, 0.15) is 5.82 Å². The molecular formula is C22H15F4N3O2. The van der Waals surface area contributed by atoms with Crippen LogP contribution in [-0.2, 0) is 6.18 Å². The second kappa shape index (κ2) is 7.42. The van der Waals surface area contributed by atoms with Crippen LogP contribution in [0.4, 0.5) is 23.2 Å². The van der Waals surface area contributed by atoms with Crippen LogP contribution in [0.5, 0.6) is 0 Å². The fourth-order valence-corrected chi connectivity index (χ4v) is 3.36. The molecule has 0 saturated heterocycles. The van der Waals surface area contributed by atoms with Crippen molar-refractivity contribution in [2.45, 2.75) is 13.1 Å². The van der Waals surface area contributed by atoms with E-state index in [-0.39, 0.29) is 11.1 Å². The molecule has 3 aromatic carbocycles. The molecule has 0 spiro atoms. The summed E-state index contributed by atoms with van der Waals surface area (Å²) in [5, 5.41) is 5.47. The molecule has 1 amide bonds. The number of carbonyl (C=O) groups is 1. The number of para-hydroxylation sites is 2. The second-order valence-electron chi connectivity index (χ2n) is 6.95. The molecule has 0 aliphatic rings. The third-order valence-electron chi connectivity index (χ3n) is 4.81. The number of aryl methyl sites for hydroxylation is 1. The first-order valence-electron chi connectivity index (χ1n) is 9.14. The molecule has 5 nitrogen and oxygen atoms in total. The number of benzene rings is 3. The molecule has 0 bridgehead atoms. The minimum Gasteiger partial charge on any atom is -0.320 e. The molecule has 0 atom stereocenters. The van der Waals surface area contributed by atoms with E-state index in [1.54, 1.807) is 18.2 Å². The van der Waals surface area contributed by atoms with E-state index in [9.17, 15) is 27.2 Å². The Kier molecular flexibility index (Phi) is 4.88. The average Bonchev–Trinajstić information content (AvgIpc) is 3.05. The van der Waals surface area contributed by atoms with Gasteiger partial charge in [-0.25, -0.2) is 4.39 Å². The van der Waals surface area contributed by atoms with E-state index in [0.29, 0.717) is 23.3 Å². The maximum atomic E-state index is 13.7. The third kappa shape index (κ3) is 3.81. The van der Waals surface area contributed by atoms with Crippen molar-refractivity contribution in [1.29, 1.82) is 0 Å². The lowest BCUT2D eigenvalue weighted by atomic mass is 10.1. The number of nitrogens with one attached hydrogen (secondary N) is 2. The van der Waals surface area contributed by atoms with Crippen LogP contribution in [0.1, 0.15) is 21.5 Å². The minimum atomic E-state index is -4.80. The Morgan fingerprint density at radius 2 is 1.77 bits per heavy atom. The molecule has 1 heterocycles. The number of anilines is 1. The summed E-state index contributed by atoms with van der Waals surface area (Å²) in [7, 11) is 0. The molecule has 0 aliphatic heterocycles. The van der Waals surface area contributed by atoms with Gasteiger partial charge < -0.3 is 5.32 Å². The van der Waals surface area contributed by atoms with Crippen molar-refractivity contribution in [3.05, 3.63) is 93.5 Å². The van der Waals surface area contributed by atoms with Gasteiger partial charge in [0, 0.05) is 5.56 Å². The van der Waals surface area contributed by atoms with E-state index in [0.717, 1.165) is 11.6 Å². The molecule has 158 valence electrons. The van der Waals surface area contributed by atoms with Crippen LogP contribution in [0.2, 0.25) is 0 Å². The summed E-state index contributed by atoms with van der Waals surface area (Å²) in [6.07, 6.45) is -4.80. The number of nitrogens with zero attached hydrogens (tertiary/aromatic N) is 1. The zero-order chi connectivity index (χ0) is 22.3. The van der Waals surface area contributed by atoms with E-state index in [1.165, 1.54) is 16.8 Å². The van der Waals surface area contributed by atoms with E-state index in [2.05, 4.69) is 10.4 Å². The van der Waals surface area contributed by atoms with Gasteiger partial charge in [-0.05, 0) is 48.9 Å². The maximum absolute atomic E-state index is 13.7. The highest BCUT2D eigenvalue weighted by Crippen LogP contribution is 2.31. The summed E-state index contributed by atoms with van der Waals surface area (Å²) in [6.45, 7) is 1.84. The lowest BCUT2D eigenvalue weighted by Crippen LogP contribution is -2.15. The first-order valence-corrected chi connectivity index (χ1v) is 9.14. The molecule has 2 N–H and O–H groups in total. The van der Waals surface area contributed by atoms with Crippen molar-refractivity contribution in [3.63, 3.8) is 0 Å². The van der Waals surface area contributed by atoms with Crippen LogP contribution in [0.25, 0.3) is 16.6 Å². The summed E-state index contributed by atoms with van der Waals surface area (Å²) in [5.41, 5.74) is -0.152. The highest BCUT2D eigenvalue weighted by atomic mass is 19.4. The first-order chi connectivity index (χ1) is 14.6. The van der Waals surface area contributed by atoms with E-state index in [4.69, 9.17) is 0 Å². The first kappa shape index (κ1) is 20.4. The molecule has 0 fully saturated rings. The summed E-state index contributed by atoms with van der Waals surface area (Å²) in [6, 6.07) is 13.4. The fraction of sp³-hybridized carbons (Fsp3) is 0.0909. The van der Waals surface area contributed by atoms with Crippen LogP contribution in [-0.4, -0.2) is 15.7 Å². The molecule has 0 radical (unpaired) electrons. The Labute approximate surface area is 172 Å². The van der Waals surface area contributed by atoms with Crippen molar-refractivity contribution >= 4 is 22.5 Å². The molecular weight excluding hydrogens is 414 g/mol. The molecule has 4 aromatic rings. The van der Waals surface area contributed by atoms with Gasteiger partial charge in [-0.2, -0.15) is 13.2 Å². The molecule has 0 unspecified atom stereocenters. The predicted octanol–water partition coefficient (Wildman–Crippen LogP) is 5.04. The topological polar surface area (TPSA) is 66.9 Å². The van der Waals surface area contributed by atoms with Gasteiger partial charge in [-0.1, -0.05) is 24.3 Å². The number of H-pyrrole nitrogens is 1. The normalized spacial score (nSPS) is 11.6. The number of carbonyl (C=O) groups excluding carboxylic acids is 1. The van der Waals surface area contributed by atoms with Gasteiger partial charge in [-0.15, -0.1) is 0 Å². The largest absolute Gasteiger partial charge is 0.416 e. The van der Waals surface area contributed by atoms with Gasteiger partial charge in [0.05, 0.1) is 27.8 Å². The monoisotopic (exact) mass is 429 g/mol. The van der Waals surface area contributed by atoms with Crippen LogP contribution in [0.15, 0.2) is 65.5 Å². The Bertz CT molecular complexity index is 1370. The summed E-state index contributed by atoms with van der Waals surface area (Å²) in [5.74, 6) is -2.13. The maximum Gasteiger partial charge on any atom is 0.416 e. The van der Waals surface area contributed by atoms with Crippen molar-refractivity contribution in [2.24, 2.45) is 0 Å². The van der Waals surface area contributed by atoms with Gasteiger partial charge in [-0.3, -0.25) is 19.4 Å². The van der Waals surface area contributed by atoms with Crippen LogP contribution >= 0.6 is 0 Å². The Balaban J connectivity index is 1.82. The van der Waals surface area contributed by atoms with Crippen LogP contribution < -0.4 is 10.9 Å². The molecule has 4 rings (SSSR count). The van der Waals surface area contributed by atoms with Gasteiger partial charge in [0.2, 0.25) is 0 Å². The van der Waals surface area contributed by atoms with Crippen molar-refractivity contribution in [1.82, 2.24) is 9.78 Å². The Morgan fingerprint density at radius 3 is 2.48 bits per heavy atom. The number of amides is 1. The molecule has 31 heavy (non-hydrogen) atoms. The second-order valence-corrected chi connectivity index (χ2v) is 6.95. The number of hydrogen-bond acceptors (Lipinski definition) is 2. The van der Waals surface area contributed by atoms with Gasteiger partial charge >= 0.3 is 6.18 Å². The molecule has 1 aromatic heterocycles. The highest BCUT2D eigenvalue weighted by Gasteiger charge is 2.32. The lowest BCUT2D eigenvalue weighted by Gasteiger charge is -2.13. The average molecular weight is 429 g/mol. The summed E-state index contributed by atoms with van der Waals surface area (Å²) in [4.78, 5) is 25.1. The van der Waals surface area contributed by atoms with Gasteiger partial charge in [0.15, 0.2) is 0 Å². The number of hydrogen-bond donors (Lipinski definition) is 2. The van der Waals surface area contributed by atoms with E-state index in [1.807, 2.05) is 19.1 Å². The minimum absolute atomic E-state index is 0.182. The summed E-state index contributed by atoms with van der Waals surface area (Å²) >= 11 is 0. The van der Waals surface area contributed by atoms with E-state index < -0.39 is 34.6 Å². The molecule has 0 saturated carbocycles. The SMILES string of the molecule is Cc1ccccc1-n1[nH]c(=O)c2cccc(NC(=O)c3cc(F)cc(C(F)(F)F)c3)c21. The number of halogens is 4. The quantitative estimate of drug-likeness (QED) is 0.448. The van der Waals surface area contributed by atoms with Gasteiger partial charge in [0.25, 0.3) is 11.5 Å². The Morgan fingerprint density at radius 1 is 1.03 bits per heavy atom. The number of rotatable bonds is 3. The highest BCUT2D eigenvalue weighted by molar-refractivity contribution is 6.08. The molecule has 0 aliphatic carbocycles. The lowest BCUT2D eigenvalue weighted by molar-refractivity contribution is -0.137. The Hall–Kier alpha value is -3.88.